The summed E-state index contributed by atoms with van der Waals surface area (Å²) in [5.74, 6) is 0. The van der Waals surface area contributed by atoms with Crippen molar-refractivity contribution >= 4 is 0 Å². The van der Waals surface area contributed by atoms with Gasteiger partial charge in [-0.1, -0.05) is 26.5 Å². The molecule has 56 valence electrons. The van der Waals surface area contributed by atoms with Gasteiger partial charge in [0.1, 0.15) is 0 Å². The van der Waals surface area contributed by atoms with Crippen molar-refractivity contribution < 1.29 is 5.11 Å². The summed E-state index contributed by atoms with van der Waals surface area (Å²) in [5.41, 5.74) is 0. The van der Waals surface area contributed by atoms with Gasteiger partial charge in [0.2, 0.25) is 0 Å². The Bertz CT molecular complexity index is 40.5. The Morgan fingerprint density at radius 1 is 1.33 bits per heavy atom. The quantitative estimate of drug-likeness (QED) is 0.569. The first-order valence-corrected chi connectivity index (χ1v) is 2.66. The summed E-state index contributed by atoms with van der Waals surface area (Å²) in [6.07, 6.45) is 4.39. The molecular formula is C8H18O. The number of aliphatic hydroxyl groups excluding tert-OH is 1. The SMILES string of the molecule is C.C=CCC.C=CCO. The molecule has 0 fully saturated rings. The third-order valence-electron chi connectivity index (χ3n) is 0.418. The minimum Gasteiger partial charge on any atom is -0.392 e. The lowest BCUT2D eigenvalue weighted by atomic mass is 10.5. The molecule has 0 spiro atoms. The molecule has 0 unspecified atom stereocenters. The molecule has 1 nitrogen and oxygen atoms in total. The molecule has 0 aliphatic carbocycles. The molecule has 9 heavy (non-hydrogen) atoms. The molecule has 0 saturated carbocycles. The standard InChI is InChI=1S/C4H8.C3H6O.CH4/c1-3-4-2;1-2-3-4;/h3H,1,4H2,2H3;2,4H,1,3H2;1H4. The van der Waals surface area contributed by atoms with Gasteiger partial charge in [-0.2, -0.15) is 0 Å². The fraction of sp³-hybridized carbons (Fsp3) is 0.500. The van der Waals surface area contributed by atoms with Gasteiger partial charge in [0.15, 0.2) is 0 Å². The zero-order valence-electron chi connectivity index (χ0n) is 5.43. The van der Waals surface area contributed by atoms with Crippen LogP contribution in [0.4, 0.5) is 0 Å². The van der Waals surface area contributed by atoms with Crippen molar-refractivity contribution in [2.45, 2.75) is 20.8 Å². The smallest absolute Gasteiger partial charge is 0.0609 e. The van der Waals surface area contributed by atoms with Gasteiger partial charge in [0.25, 0.3) is 0 Å². The maximum atomic E-state index is 7.76. The van der Waals surface area contributed by atoms with Crippen LogP contribution in [0.5, 0.6) is 0 Å². The largest absolute Gasteiger partial charge is 0.392 e. The maximum Gasteiger partial charge on any atom is 0.0609 e. The van der Waals surface area contributed by atoms with Crippen LogP contribution in [0.2, 0.25) is 0 Å². The average Bonchev–Trinajstić information content (AvgIpc) is 1.88. The Hall–Kier alpha value is -0.560. The fourth-order valence-corrected chi connectivity index (χ4v) is 0. The lowest BCUT2D eigenvalue weighted by Gasteiger charge is -1.60. The van der Waals surface area contributed by atoms with E-state index in [-0.39, 0.29) is 14.0 Å². The first-order chi connectivity index (χ1) is 3.83. The van der Waals surface area contributed by atoms with Crippen molar-refractivity contribution in [1.82, 2.24) is 0 Å². The molecule has 0 rings (SSSR count). The predicted octanol–water partition coefficient (Wildman–Crippen LogP) is 2.38. The van der Waals surface area contributed by atoms with Crippen molar-refractivity contribution in [3.8, 4) is 0 Å². The van der Waals surface area contributed by atoms with Crippen LogP contribution in [0.15, 0.2) is 25.3 Å². The zero-order chi connectivity index (χ0) is 6.83. The van der Waals surface area contributed by atoms with Crippen LogP contribution < -0.4 is 0 Å². The second-order valence-electron chi connectivity index (χ2n) is 1.17. The van der Waals surface area contributed by atoms with E-state index in [1.165, 1.54) is 6.08 Å². The molecule has 0 radical (unpaired) electrons. The molecule has 0 aromatic rings. The Balaban J connectivity index is -0.0000000720. The minimum absolute atomic E-state index is 0. The van der Waals surface area contributed by atoms with Gasteiger partial charge in [-0.05, 0) is 6.42 Å². The summed E-state index contributed by atoms with van der Waals surface area (Å²) in [4.78, 5) is 0. The zero-order valence-corrected chi connectivity index (χ0v) is 5.43. The van der Waals surface area contributed by atoms with Gasteiger partial charge in [0, 0.05) is 0 Å². The van der Waals surface area contributed by atoms with E-state index in [0.717, 1.165) is 6.42 Å². The summed E-state index contributed by atoms with van der Waals surface area (Å²) < 4.78 is 0. The van der Waals surface area contributed by atoms with E-state index in [1.54, 1.807) is 0 Å². The summed E-state index contributed by atoms with van der Waals surface area (Å²) in [6, 6.07) is 0. The van der Waals surface area contributed by atoms with Crippen LogP contribution in [0.3, 0.4) is 0 Å². The Kier molecular flexibility index (Phi) is 45.7. The van der Waals surface area contributed by atoms with Crippen LogP contribution in [0, 0.1) is 0 Å². The Morgan fingerprint density at radius 3 is 1.56 bits per heavy atom. The van der Waals surface area contributed by atoms with Crippen molar-refractivity contribution in [2.75, 3.05) is 6.61 Å². The lowest BCUT2D eigenvalue weighted by Crippen LogP contribution is -1.62. The van der Waals surface area contributed by atoms with E-state index in [1.807, 2.05) is 6.08 Å². The minimum atomic E-state index is 0. The molecule has 0 amide bonds. The summed E-state index contributed by atoms with van der Waals surface area (Å²) >= 11 is 0. The molecular weight excluding hydrogens is 112 g/mol. The van der Waals surface area contributed by atoms with Gasteiger partial charge in [-0.25, -0.2) is 0 Å². The lowest BCUT2D eigenvalue weighted by molar-refractivity contribution is 0.343. The van der Waals surface area contributed by atoms with E-state index in [4.69, 9.17) is 5.11 Å². The fourth-order valence-electron chi connectivity index (χ4n) is 0. The maximum absolute atomic E-state index is 7.76. The molecule has 0 aliphatic rings. The van der Waals surface area contributed by atoms with Crippen LogP contribution in [-0.4, -0.2) is 11.7 Å². The first-order valence-electron chi connectivity index (χ1n) is 2.66. The predicted molar refractivity (Wildman–Crippen MR) is 44.5 cm³/mol. The normalized spacial score (nSPS) is 5.56. The molecule has 0 aliphatic heterocycles. The van der Waals surface area contributed by atoms with E-state index < -0.39 is 0 Å². The number of hydrogen-bond donors (Lipinski definition) is 1. The number of aliphatic hydroxyl groups is 1. The third kappa shape index (κ3) is 106. The second-order valence-corrected chi connectivity index (χ2v) is 1.17. The van der Waals surface area contributed by atoms with E-state index in [0.29, 0.717) is 0 Å². The monoisotopic (exact) mass is 130 g/mol. The first kappa shape index (κ1) is 15.8. The van der Waals surface area contributed by atoms with Crippen LogP contribution in [0.1, 0.15) is 20.8 Å². The van der Waals surface area contributed by atoms with Gasteiger partial charge in [0.05, 0.1) is 6.61 Å². The third-order valence-corrected chi connectivity index (χ3v) is 0.418. The molecule has 0 aromatic carbocycles. The summed E-state index contributed by atoms with van der Waals surface area (Å²) in [6.45, 7) is 8.85. The highest BCUT2D eigenvalue weighted by Gasteiger charge is 1.45. The van der Waals surface area contributed by atoms with Crippen molar-refractivity contribution in [3.63, 3.8) is 0 Å². The highest BCUT2D eigenvalue weighted by Crippen LogP contribution is 1.66. The van der Waals surface area contributed by atoms with Crippen molar-refractivity contribution in [1.29, 1.82) is 0 Å². The van der Waals surface area contributed by atoms with Gasteiger partial charge < -0.3 is 5.11 Å². The van der Waals surface area contributed by atoms with E-state index >= 15 is 0 Å². The molecule has 0 bridgehead atoms. The van der Waals surface area contributed by atoms with Crippen molar-refractivity contribution in [3.05, 3.63) is 25.3 Å². The second kappa shape index (κ2) is 26.1. The van der Waals surface area contributed by atoms with Gasteiger partial charge in [-0.15, -0.1) is 13.2 Å². The summed E-state index contributed by atoms with van der Waals surface area (Å²) in [7, 11) is 0. The van der Waals surface area contributed by atoms with E-state index in [2.05, 4.69) is 20.1 Å². The number of hydrogen-bond acceptors (Lipinski definition) is 1. The van der Waals surface area contributed by atoms with Gasteiger partial charge in [-0.3, -0.25) is 0 Å². The average molecular weight is 130 g/mol. The topological polar surface area (TPSA) is 20.2 Å². The molecule has 0 atom stereocenters. The van der Waals surface area contributed by atoms with Crippen molar-refractivity contribution in [2.24, 2.45) is 0 Å². The highest BCUT2D eigenvalue weighted by atomic mass is 16.2. The Morgan fingerprint density at radius 2 is 1.56 bits per heavy atom. The molecule has 0 aromatic heterocycles. The molecule has 1 heteroatoms. The molecule has 0 saturated heterocycles. The molecule has 0 heterocycles. The summed E-state index contributed by atoms with van der Waals surface area (Å²) in [5, 5.41) is 7.76. The van der Waals surface area contributed by atoms with Crippen LogP contribution in [-0.2, 0) is 0 Å². The highest BCUT2D eigenvalue weighted by molar-refractivity contribution is 4.60. The Labute approximate surface area is 58.7 Å². The number of rotatable bonds is 2. The van der Waals surface area contributed by atoms with E-state index in [9.17, 15) is 0 Å². The van der Waals surface area contributed by atoms with Crippen LogP contribution in [0.25, 0.3) is 0 Å². The van der Waals surface area contributed by atoms with Crippen LogP contribution >= 0.6 is 0 Å². The number of allylic oxidation sites excluding steroid dienone is 1. The molecule has 1 N–H and O–H groups in total. The van der Waals surface area contributed by atoms with Gasteiger partial charge >= 0.3 is 0 Å².